The number of hydrogen-bond donors (Lipinski definition) is 1. The summed E-state index contributed by atoms with van der Waals surface area (Å²) in [5, 5.41) is 8.60. The van der Waals surface area contributed by atoms with Crippen LogP contribution in [0.15, 0.2) is 11.1 Å². The van der Waals surface area contributed by atoms with Gasteiger partial charge in [-0.3, -0.25) is 9.59 Å². The molecule has 3 nitrogen and oxygen atoms in total. The number of allylic oxidation sites excluding steroid dienone is 1. The largest absolute Gasteiger partial charge is 0.481 e. The first-order valence-electron chi connectivity index (χ1n) is 4.61. The molecule has 0 aliphatic heterocycles. The zero-order chi connectivity index (χ0) is 9.84. The summed E-state index contributed by atoms with van der Waals surface area (Å²) < 4.78 is 0. The molecule has 3 heteroatoms. The fourth-order valence-corrected chi connectivity index (χ4v) is 1.71. The fourth-order valence-electron chi connectivity index (χ4n) is 1.71. The van der Waals surface area contributed by atoms with Crippen molar-refractivity contribution in [2.24, 2.45) is 0 Å². The zero-order valence-electron chi connectivity index (χ0n) is 7.80. The Bertz CT molecular complexity index is 263. The lowest BCUT2D eigenvalue weighted by Crippen LogP contribution is -2.00. The van der Waals surface area contributed by atoms with E-state index < -0.39 is 5.97 Å². The molecule has 0 spiro atoms. The molecule has 0 saturated carbocycles. The summed E-state index contributed by atoms with van der Waals surface area (Å²) in [5.74, 6) is -0.684. The van der Waals surface area contributed by atoms with Crippen LogP contribution in [-0.4, -0.2) is 16.9 Å². The molecular formula is C10H14O3. The van der Waals surface area contributed by atoms with Crippen molar-refractivity contribution in [1.82, 2.24) is 0 Å². The summed E-state index contributed by atoms with van der Waals surface area (Å²) in [7, 11) is 0. The van der Waals surface area contributed by atoms with E-state index in [2.05, 4.69) is 0 Å². The minimum atomic E-state index is -0.835. The molecule has 0 heterocycles. The average Bonchev–Trinajstić information content (AvgIpc) is 2.35. The second kappa shape index (κ2) is 4.21. The molecule has 0 aromatic heterocycles. The van der Waals surface area contributed by atoms with E-state index in [9.17, 15) is 9.59 Å². The smallest absolute Gasteiger partial charge is 0.307 e. The molecule has 0 aromatic rings. The molecule has 0 aromatic carbocycles. The number of hydrogen-bond acceptors (Lipinski definition) is 2. The maximum Gasteiger partial charge on any atom is 0.307 e. The van der Waals surface area contributed by atoms with Crippen LogP contribution in [-0.2, 0) is 9.59 Å². The van der Waals surface area contributed by atoms with Crippen LogP contribution in [0.3, 0.4) is 0 Å². The molecule has 1 aliphatic rings. The van der Waals surface area contributed by atoms with Gasteiger partial charge in [0, 0.05) is 6.42 Å². The van der Waals surface area contributed by atoms with Gasteiger partial charge in [-0.05, 0) is 18.4 Å². The van der Waals surface area contributed by atoms with Crippen molar-refractivity contribution in [2.75, 3.05) is 0 Å². The highest BCUT2D eigenvalue weighted by Crippen LogP contribution is 2.28. The summed E-state index contributed by atoms with van der Waals surface area (Å²) in [6.45, 7) is 2.00. The first-order valence-corrected chi connectivity index (χ1v) is 4.61. The Morgan fingerprint density at radius 1 is 1.46 bits per heavy atom. The van der Waals surface area contributed by atoms with Crippen molar-refractivity contribution in [3.8, 4) is 0 Å². The predicted octanol–water partition coefficient (Wildman–Crippen LogP) is 1.92. The summed E-state index contributed by atoms with van der Waals surface area (Å²) in [5.41, 5.74) is 1.63. The number of ketones is 1. The zero-order valence-corrected chi connectivity index (χ0v) is 7.80. The van der Waals surface area contributed by atoms with Gasteiger partial charge in [-0.1, -0.05) is 18.9 Å². The van der Waals surface area contributed by atoms with E-state index in [1.165, 1.54) is 0 Å². The van der Waals surface area contributed by atoms with Crippen molar-refractivity contribution >= 4 is 11.8 Å². The third kappa shape index (κ3) is 2.41. The SMILES string of the molecule is CCCC1=C(CC(=O)O)CCC1=O. The van der Waals surface area contributed by atoms with E-state index in [4.69, 9.17) is 5.11 Å². The highest BCUT2D eigenvalue weighted by Gasteiger charge is 2.22. The Kier molecular flexibility index (Phi) is 3.23. The van der Waals surface area contributed by atoms with Crippen LogP contribution in [0.5, 0.6) is 0 Å². The van der Waals surface area contributed by atoms with Crippen LogP contribution < -0.4 is 0 Å². The van der Waals surface area contributed by atoms with Gasteiger partial charge in [0.25, 0.3) is 0 Å². The van der Waals surface area contributed by atoms with Gasteiger partial charge in [-0.2, -0.15) is 0 Å². The minimum Gasteiger partial charge on any atom is -0.481 e. The lowest BCUT2D eigenvalue weighted by molar-refractivity contribution is -0.136. The average molecular weight is 182 g/mol. The summed E-state index contributed by atoms with van der Waals surface area (Å²) in [6.07, 6.45) is 2.85. The normalized spacial score (nSPS) is 16.8. The standard InChI is InChI=1S/C10H14O3/c1-2-3-8-7(6-10(12)13)4-5-9(8)11/h2-6H2,1H3,(H,12,13). The predicted molar refractivity (Wildman–Crippen MR) is 48.4 cm³/mol. The third-order valence-corrected chi connectivity index (χ3v) is 2.28. The van der Waals surface area contributed by atoms with Crippen LogP contribution in [0.4, 0.5) is 0 Å². The highest BCUT2D eigenvalue weighted by atomic mass is 16.4. The Morgan fingerprint density at radius 2 is 2.15 bits per heavy atom. The molecule has 1 aliphatic carbocycles. The van der Waals surface area contributed by atoms with E-state index in [1.807, 2.05) is 6.92 Å². The van der Waals surface area contributed by atoms with Crippen LogP contribution in [0.25, 0.3) is 0 Å². The lowest BCUT2D eigenvalue weighted by Gasteiger charge is -2.01. The molecule has 13 heavy (non-hydrogen) atoms. The van der Waals surface area contributed by atoms with Crippen molar-refractivity contribution in [3.05, 3.63) is 11.1 Å². The molecule has 0 unspecified atom stereocenters. The first-order chi connectivity index (χ1) is 6.15. The van der Waals surface area contributed by atoms with Crippen molar-refractivity contribution in [2.45, 2.75) is 39.0 Å². The van der Waals surface area contributed by atoms with Gasteiger partial charge in [0.05, 0.1) is 6.42 Å². The quantitative estimate of drug-likeness (QED) is 0.722. The van der Waals surface area contributed by atoms with Crippen molar-refractivity contribution in [3.63, 3.8) is 0 Å². The highest BCUT2D eigenvalue weighted by molar-refractivity contribution is 5.99. The number of aliphatic carboxylic acids is 1. The number of carboxylic acid groups (broad SMARTS) is 1. The molecule has 0 atom stereocenters. The van der Waals surface area contributed by atoms with Crippen LogP contribution >= 0.6 is 0 Å². The van der Waals surface area contributed by atoms with Gasteiger partial charge in [-0.25, -0.2) is 0 Å². The Labute approximate surface area is 77.4 Å². The van der Waals surface area contributed by atoms with Gasteiger partial charge in [0.15, 0.2) is 5.78 Å². The van der Waals surface area contributed by atoms with Crippen LogP contribution in [0.2, 0.25) is 0 Å². The van der Waals surface area contributed by atoms with Crippen molar-refractivity contribution < 1.29 is 14.7 Å². The van der Waals surface area contributed by atoms with Crippen LogP contribution in [0, 0.1) is 0 Å². The molecule has 0 radical (unpaired) electrons. The second-order valence-corrected chi connectivity index (χ2v) is 3.33. The van der Waals surface area contributed by atoms with Gasteiger partial charge in [-0.15, -0.1) is 0 Å². The Hall–Kier alpha value is -1.12. The van der Waals surface area contributed by atoms with Gasteiger partial charge >= 0.3 is 5.97 Å². The van der Waals surface area contributed by atoms with E-state index in [0.717, 1.165) is 24.0 Å². The maximum absolute atomic E-state index is 11.3. The van der Waals surface area contributed by atoms with E-state index >= 15 is 0 Å². The fraction of sp³-hybridized carbons (Fsp3) is 0.600. The molecule has 1 N–H and O–H groups in total. The molecule has 72 valence electrons. The first kappa shape index (κ1) is 9.96. The molecule has 0 bridgehead atoms. The topological polar surface area (TPSA) is 54.4 Å². The van der Waals surface area contributed by atoms with Crippen molar-refractivity contribution in [1.29, 1.82) is 0 Å². The molecule has 0 amide bonds. The van der Waals surface area contributed by atoms with Crippen LogP contribution in [0.1, 0.15) is 39.0 Å². The molecular weight excluding hydrogens is 168 g/mol. The third-order valence-electron chi connectivity index (χ3n) is 2.28. The Morgan fingerprint density at radius 3 is 2.69 bits per heavy atom. The number of rotatable bonds is 4. The Balaban J connectivity index is 2.75. The maximum atomic E-state index is 11.3. The number of carbonyl (C=O) groups excluding carboxylic acids is 1. The monoisotopic (exact) mass is 182 g/mol. The molecule has 0 saturated heterocycles. The molecule has 0 fully saturated rings. The van der Waals surface area contributed by atoms with E-state index in [0.29, 0.717) is 12.8 Å². The minimum absolute atomic E-state index is 0.0427. The number of carboxylic acids is 1. The number of Topliss-reactive ketones (excluding diaryl/α,β-unsaturated/α-hetero) is 1. The van der Waals surface area contributed by atoms with Gasteiger partial charge in [0.1, 0.15) is 0 Å². The van der Waals surface area contributed by atoms with Gasteiger partial charge < -0.3 is 5.11 Å². The van der Waals surface area contributed by atoms with E-state index in [-0.39, 0.29) is 12.2 Å². The van der Waals surface area contributed by atoms with E-state index in [1.54, 1.807) is 0 Å². The second-order valence-electron chi connectivity index (χ2n) is 3.33. The molecule has 1 rings (SSSR count). The van der Waals surface area contributed by atoms with Gasteiger partial charge in [0.2, 0.25) is 0 Å². The number of carbonyl (C=O) groups is 2. The summed E-state index contributed by atoms with van der Waals surface area (Å²) in [4.78, 5) is 21.8. The summed E-state index contributed by atoms with van der Waals surface area (Å²) in [6, 6.07) is 0. The lowest BCUT2D eigenvalue weighted by atomic mass is 10.0. The summed E-state index contributed by atoms with van der Waals surface area (Å²) >= 11 is 0.